The van der Waals surface area contributed by atoms with Crippen LogP contribution in [-0.4, -0.2) is 45.9 Å². The van der Waals surface area contributed by atoms with E-state index in [1.165, 1.54) is 12.1 Å². The number of hydrogen-bond acceptors (Lipinski definition) is 6. The largest absolute Gasteiger partial charge is 0.586 e. The van der Waals surface area contributed by atoms with Crippen molar-refractivity contribution in [2.75, 3.05) is 24.7 Å². The van der Waals surface area contributed by atoms with Crippen LogP contribution in [0.1, 0.15) is 6.42 Å². The van der Waals surface area contributed by atoms with Crippen LogP contribution in [0.15, 0.2) is 18.2 Å². The van der Waals surface area contributed by atoms with Gasteiger partial charge in [0.05, 0.1) is 6.26 Å². The molecule has 0 aromatic heterocycles. The van der Waals surface area contributed by atoms with Crippen LogP contribution < -0.4 is 24.8 Å². The maximum Gasteiger partial charge on any atom is 0.586 e. The summed E-state index contributed by atoms with van der Waals surface area (Å²) in [7, 11) is -3.31. The van der Waals surface area contributed by atoms with E-state index in [9.17, 15) is 26.8 Å². The molecule has 0 fully saturated rings. The van der Waals surface area contributed by atoms with Crippen molar-refractivity contribution in [2.45, 2.75) is 12.7 Å². The van der Waals surface area contributed by atoms with Gasteiger partial charge >= 0.3 is 18.1 Å². The zero-order chi connectivity index (χ0) is 18.7. The predicted molar refractivity (Wildman–Crippen MR) is 81.7 cm³/mol. The summed E-state index contributed by atoms with van der Waals surface area (Å²) in [5.74, 6) is -2.43. The molecule has 0 spiro atoms. The van der Waals surface area contributed by atoms with E-state index in [-0.39, 0.29) is 36.7 Å². The molecule has 0 radical (unpaired) electrons. The molecular weight excluding hydrogens is 364 g/mol. The second-order valence-corrected chi connectivity index (χ2v) is 6.89. The molecule has 1 aromatic carbocycles. The first-order valence-electron chi connectivity index (χ1n) is 6.99. The lowest BCUT2D eigenvalue weighted by Gasteiger charge is -2.07. The van der Waals surface area contributed by atoms with Gasteiger partial charge in [0.15, 0.2) is 11.5 Å². The number of alkyl halides is 2. The summed E-state index contributed by atoms with van der Waals surface area (Å²) < 4.78 is 58.1. The first-order chi connectivity index (χ1) is 11.6. The summed E-state index contributed by atoms with van der Waals surface area (Å²) in [5, 5.41) is 4.51. The Kier molecular flexibility index (Phi) is 5.42. The summed E-state index contributed by atoms with van der Waals surface area (Å²) in [6, 6.07) is 3.53. The highest BCUT2D eigenvalue weighted by Gasteiger charge is 2.43. The lowest BCUT2D eigenvalue weighted by molar-refractivity contribution is -0.286. The third-order valence-electron chi connectivity index (χ3n) is 2.87. The molecule has 1 aliphatic heterocycles. The Morgan fingerprint density at radius 1 is 1.12 bits per heavy atom. The number of benzene rings is 1. The SMILES string of the molecule is CS(=O)(=O)NCCCNC(=O)C(=O)Nc1ccc2c(c1)OC(F)(F)O2. The number of amides is 2. The van der Waals surface area contributed by atoms with Gasteiger partial charge in [-0.3, -0.25) is 9.59 Å². The molecule has 0 saturated carbocycles. The fourth-order valence-electron chi connectivity index (χ4n) is 1.84. The fourth-order valence-corrected chi connectivity index (χ4v) is 2.36. The van der Waals surface area contributed by atoms with Crippen LogP contribution in [-0.2, 0) is 19.6 Å². The Bertz CT molecular complexity index is 784. The van der Waals surface area contributed by atoms with Gasteiger partial charge < -0.3 is 20.1 Å². The third kappa shape index (κ3) is 5.83. The molecule has 12 heteroatoms. The molecule has 0 aliphatic carbocycles. The normalized spacial score (nSPS) is 14.8. The predicted octanol–water partition coefficient (Wildman–Crippen LogP) is 0.00210. The molecule has 9 nitrogen and oxygen atoms in total. The first-order valence-corrected chi connectivity index (χ1v) is 8.88. The van der Waals surface area contributed by atoms with Crippen LogP contribution >= 0.6 is 0 Å². The molecule has 1 aromatic rings. The average molecular weight is 379 g/mol. The van der Waals surface area contributed by atoms with E-state index in [1.54, 1.807) is 0 Å². The summed E-state index contributed by atoms with van der Waals surface area (Å²) in [6.07, 6.45) is -2.49. The highest BCUT2D eigenvalue weighted by molar-refractivity contribution is 7.88. The molecule has 1 heterocycles. The second kappa shape index (κ2) is 7.19. The standard InChI is InChI=1S/C13H15F2N3O6S/c1-25(21,22)17-6-2-5-16-11(19)12(20)18-8-3-4-9-10(7-8)24-13(14,15)23-9/h3-4,7,17H,2,5-6H2,1H3,(H,16,19)(H,18,20). The van der Waals surface area contributed by atoms with E-state index in [4.69, 9.17) is 0 Å². The van der Waals surface area contributed by atoms with E-state index in [0.29, 0.717) is 0 Å². The third-order valence-corrected chi connectivity index (χ3v) is 3.60. The molecule has 3 N–H and O–H groups in total. The fraction of sp³-hybridized carbons (Fsp3) is 0.385. The minimum Gasteiger partial charge on any atom is -0.395 e. The van der Waals surface area contributed by atoms with E-state index in [2.05, 4.69) is 24.8 Å². The van der Waals surface area contributed by atoms with Crippen LogP contribution in [0.5, 0.6) is 11.5 Å². The minimum atomic E-state index is -3.78. The number of nitrogens with one attached hydrogen (secondary N) is 3. The van der Waals surface area contributed by atoms with Crippen molar-refractivity contribution in [2.24, 2.45) is 0 Å². The molecular formula is C13H15F2N3O6S. The zero-order valence-corrected chi connectivity index (χ0v) is 13.8. The van der Waals surface area contributed by atoms with Gasteiger partial charge in [-0.05, 0) is 18.6 Å². The van der Waals surface area contributed by atoms with Gasteiger partial charge in [-0.2, -0.15) is 0 Å². The monoisotopic (exact) mass is 379 g/mol. The first kappa shape index (κ1) is 18.9. The molecule has 2 amide bonds. The molecule has 0 atom stereocenters. The minimum absolute atomic E-state index is 0.0685. The number of hydrogen-bond donors (Lipinski definition) is 3. The smallest absolute Gasteiger partial charge is 0.395 e. The number of ether oxygens (including phenoxy) is 2. The molecule has 25 heavy (non-hydrogen) atoms. The number of carbonyl (C=O) groups excluding carboxylic acids is 2. The van der Waals surface area contributed by atoms with Gasteiger partial charge in [-0.15, -0.1) is 8.78 Å². The Morgan fingerprint density at radius 3 is 2.48 bits per heavy atom. The zero-order valence-electron chi connectivity index (χ0n) is 13.0. The maximum absolute atomic E-state index is 12.9. The summed E-state index contributed by atoms with van der Waals surface area (Å²) in [4.78, 5) is 23.3. The molecule has 138 valence electrons. The number of carbonyl (C=O) groups is 2. The van der Waals surface area contributed by atoms with E-state index in [0.717, 1.165) is 12.3 Å². The Balaban J connectivity index is 1.79. The van der Waals surface area contributed by atoms with Crippen LogP contribution in [0.3, 0.4) is 0 Å². The highest BCUT2D eigenvalue weighted by atomic mass is 32.2. The van der Waals surface area contributed by atoms with Crippen molar-refractivity contribution >= 4 is 27.5 Å². The van der Waals surface area contributed by atoms with Crippen molar-refractivity contribution in [3.8, 4) is 11.5 Å². The van der Waals surface area contributed by atoms with Crippen LogP contribution in [0, 0.1) is 0 Å². The second-order valence-electron chi connectivity index (χ2n) is 5.06. The molecule has 0 bridgehead atoms. The number of fused-ring (bicyclic) bond motifs is 1. The lowest BCUT2D eigenvalue weighted by Crippen LogP contribution is -2.37. The van der Waals surface area contributed by atoms with Gasteiger partial charge in [0.2, 0.25) is 10.0 Å². The number of rotatable bonds is 6. The van der Waals surface area contributed by atoms with E-state index in [1.807, 2.05) is 0 Å². The van der Waals surface area contributed by atoms with Gasteiger partial charge in [0.25, 0.3) is 0 Å². The van der Waals surface area contributed by atoms with Gasteiger partial charge in [-0.1, -0.05) is 0 Å². The van der Waals surface area contributed by atoms with Crippen molar-refractivity contribution in [3.05, 3.63) is 18.2 Å². The van der Waals surface area contributed by atoms with Crippen molar-refractivity contribution in [1.82, 2.24) is 10.0 Å². The van der Waals surface area contributed by atoms with Gasteiger partial charge in [-0.25, -0.2) is 13.1 Å². The average Bonchev–Trinajstić information content (AvgIpc) is 2.78. The van der Waals surface area contributed by atoms with Crippen molar-refractivity contribution in [1.29, 1.82) is 0 Å². The lowest BCUT2D eigenvalue weighted by atomic mass is 10.2. The van der Waals surface area contributed by atoms with Gasteiger partial charge in [0.1, 0.15) is 0 Å². The number of anilines is 1. The van der Waals surface area contributed by atoms with Gasteiger partial charge in [0, 0.05) is 24.8 Å². The maximum atomic E-state index is 12.9. The molecule has 2 rings (SSSR count). The van der Waals surface area contributed by atoms with E-state index >= 15 is 0 Å². The summed E-state index contributed by atoms with van der Waals surface area (Å²) >= 11 is 0. The molecule has 1 aliphatic rings. The quantitative estimate of drug-likeness (QED) is 0.472. The van der Waals surface area contributed by atoms with Crippen molar-refractivity contribution in [3.63, 3.8) is 0 Å². The molecule has 0 unspecified atom stereocenters. The number of halogens is 2. The molecule has 0 saturated heterocycles. The Hall–Kier alpha value is -2.47. The van der Waals surface area contributed by atoms with E-state index < -0.39 is 28.1 Å². The topological polar surface area (TPSA) is 123 Å². The Morgan fingerprint density at radius 2 is 1.80 bits per heavy atom. The van der Waals surface area contributed by atoms with Crippen LogP contribution in [0.2, 0.25) is 0 Å². The summed E-state index contributed by atoms with van der Waals surface area (Å²) in [6.45, 7) is 0.180. The highest BCUT2D eigenvalue weighted by Crippen LogP contribution is 2.42. The number of sulfonamides is 1. The summed E-state index contributed by atoms with van der Waals surface area (Å²) in [5.41, 5.74) is 0.0685. The Labute approximate surface area is 141 Å². The van der Waals surface area contributed by atoms with Crippen LogP contribution in [0.4, 0.5) is 14.5 Å². The van der Waals surface area contributed by atoms with Crippen LogP contribution in [0.25, 0.3) is 0 Å². The van der Waals surface area contributed by atoms with Crippen molar-refractivity contribution < 1.29 is 36.3 Å².